The van der Waals surface area contributed by atoms with E-state index in [9.17, 15) is 4.79 Å². The summed E-state index contributed by atoms with van der Waals surface area (Å²) < 4.78 is 10.1. The molecule has 0 heterocycles. The quantitative estimate of drug-likeness (QED) is 0.213. The Hall–Kier alpha value is -0.830. The third-order valence-electron chi connectivity index (χ3n) is 2.49. The smallest absolute Gasteiger partial charge is 0.188 e. The second-order valence-corrected chi connectivity index (χ2v) is 4.01. The number of hydrogen-bond acceptors (Lipinski definition) is 3. The molecule has 0 spiro atoms. The average Bonchev–Trinajstić information content (AvgIpc) is 2.35. The molecule has 100 valence electrons. The minimum atomic E-state index is 0.351. The van der Waals surface area contributed by atoms with E-state index in [2.05, 4.69) is 0 Å². The number of allylic oxidation sites excluding steroid dienone is 1. The highest BCUT2D eigenvalue weighted by Gasteiger charge is 1.90. The second kappa shape index (κ2) is 15.2. The molecule has 0 aromatic heterocycles. The molecule has 17 heavy (non-hydrogen) atoms. The number of rotatable bonds is 13. The van der Waals surface area contributed by atoms with Crippen LogP contribution in [0.4, 0.5) is 0 Å². The van der Waals surface area contributed by atoms with Gasteiger partial charge in [0.1, 0.15) is 6.29 Å². The molecule has 0 bridgehead atoms. The standard InChI is InChI=1S/C14H26O3/c1-2-16-14-17-13-11-9-7-5-3-4-6-8-10-12-15/h11-13H,2-10,14H2,1H3. The Morgan fingerprint density at radius 1 is 0.941 bits per heavy atom. The molecule has 0 radical (unpaired) electrons. The summed E-state index contributed by atoms with van der Waals surface area (Å²) in [6.07, 6.45) is 13.8. The molecule has 0 unspecified atom stereocenters. The molecular formula is C14H26O3. The lowest BCUT2D eigenvalue weighted by molar-refractivity contribution is -0.107. The molecule has 0 rings (SSSR count). The second-order valence-electron chi connectivity index (χ2n) is 4.01. The van der Waals surface area contributed by atoms with Crippen molar-refractivity contribution in [2.45, 2.75) is 58.3 Å². The normalized spacial score (nSPS) is 10.9. The lowest BCUT2D eigenvalue weighted by Crippen LogP contribution is -1.93. The van der Waals surface area contributed by atoms with Crippen LogP contribution in [0.3, 0.4) is 0 Å². The van der Waals surface area contributed by atoms with Crippen molar-refractivity contribution in [3.05, 3.63) is 12.3 Å². The Bertz CT molecular complexity index is 178. The number of aldehydes is 1. The van der Waals surface area contributed by atoms with Crippen LogP contribution in [0.5, 0.6) is 0 Å². The highest BCUT2D eigenvalue weighted by atomic mass is 16.7. The van der Waals surface area contributed by atoms with Gasteiger partial charge in [-0.3, -0.25) is 0 Å². The number of ether oxygens (including phenoxy) is 2. The highest BCUT2D eigenvalue weighted by Crippen LogP contribution is 2.08. The molecule has 0 saturated heterocycles. The molecule has 0 atom stereocenters. The van der Waals surface area contributed by atoms with Crippen LogP contribution in [0.2, 0.25) is 0 Å². The van der Waals surface area contributed by atoms with Crippen molar-refractivity contribution in [2.24, 2.45) is 0 Å². The highest BCUT2D eigenvalue weighted by molar-refractivity contribution is 5.48. The minimum Gasteiger partial charge on any atom is -0.475 e. The van der Waals surface area contributed by atoms with Gasteiger partial charge in [0.25, 0.3) is 0 Å². The molecule has 0 aliphatic rings. The van der Waals surface area contributed by atoms with Gasteiger partial charge in [-0.25, -0.2) is 0 Å². The van der Waals surface area contributed by atoms with Gasteiger partial charge >= 0.3 is 0 Å². The van der Waals surface area contributed by atoms with Crippen molar-refractivity contribution in [1.82, 2.24) is 0 Å². The van der Waals surface area contributed by atoms with E-state index >= 15 is 0 Å². The number of carbonyl (C=O) groups excluding carboxylic acids is 1. The number of hydrogen-bond donors (Lipinski definition) is 0. The molecule has 0 saturated carbocycles. The predicted octanol–water partition coefficient (Wildman–Crippen LogP) is 3.83. The molecule has 0 N–H and O–H groups in total. The van der Waals surface area contributed by atoms with E-state index in [1.807, 2.05) is 13.0 Å². The Balaban J connectivity index is 2.99. The summed E-state index contributed by atoms with van der Waals surface area (Å²) in [5.74, 6) is 0. The molecule has 0 aliphatic carbocycles. The van der Waals surface area contributed by atoms with Gasteiger partial charge in [0.2, 0.25) is 0 Å². The summed E-state index contributed by atoms with van der Waals surface area (Å²) >= 11 is 0. The Morgan fingerprint density at radius 3 is 2.24 bits per heavy atom. The fraction of sp³-hybridized carbons (Fsp3) is 0.786. The van der Waals surface area contributed by atoms with Crippen molar-refractivity contribution < 1.29 is 14.3 Å². The predicted molar refractivity (Wildman–Crippen MR) is 69.7 cm³/mol. The van der Waals surface area contributed by atoms with E-state index in [1.165, 1.54) is 32.1 Å². The monoisotopic (exact) mass is 242 g/mol. The fourth-order valence-corrected chi connectivity index (χ4v) is 1.50. The van der Waals surface area contributed by atoms with Gasteiger partial charge in [-0.15, -0.1) is 0 Å². The lowest BCUT2D eigenvalue weighted by Gasteiger charge is -2.00. The van der Waals surface area contributed by atoms with Gasteiger partial charge in [0.05, 0.1) is 6.26 Å². The maximum Gasteiger partial charge on any atom is 0.188 e. The number of unbranched alkanes of at least 4 members (excludes halogenated alkanes) is 7. The molecule has 3 nitrogen and oxygen atoms in total. The zero-order valence-corrected chi connectivity index (χ0v) is 11.0. The molecule has 0 fully saturated rings. The molecule has 0 aliphatic heterocycles. The van der Waals surface area contributed by atoms with Gasteiger partial charge in [0.15, 0.2) is 6.79 Å². The largest absolute Gasteiger partial charge is 0.475 e. The first-order chi connectivity index (χ1) is 8.41. The zero-order valence-electron chi connectivity index (χ0n) is 11.0. The van der Waals surface area contributed by atoms with Gasteiger partial charge in [0, 0.05) is 13.0 Å². The van der Waals surface area contributed by atoms with E-state index in [0.717, 1.165) is 25.5 Å². The Morgan fingerprint density at radius 2 is 1.59 bits per heavy atom. The van der Waals surface area contributed by atoms with Gasteiger partial charge in [-0.2, -0.15) is 0 Å². The van der Waals surface area contributed by atoms with E-state index < -0.39 is 0 Å². The molecule has 0 aromatic rings. The fourth-order valence-electron chi connectivity index (χ4n) is 1.50. The third-order valence-corrected chi connectivity index (χ3v) is 2.49. The third kappa shape index (κ3) is 15.2. The van der Waals surface area contributed by atoms with Gasteiger partial charge < -0.3 is 14.3 Å². The first kappa shape index (κ1) is 16.2. The zero-order chi connectivity index (χ0) is 12.6. The molecule has 0 aromatic carbocycles. The SMILES string of the molecule is CCOCOC=CCCCCCCCCC=O. The van der Waals surface area contributed by atoms with Gasteiger partial charge in [-0.05, 0) is 32.3 Å². The summed E-state index contributed by atoms with van der Waals surface area (Å²) in [4.78, 5) is 10.1. The van der Waals surface area contributed by atoms with E-state index in [-0.39, 0.29) is 0 Å². The lowest BCUT2D eigenvalue weighted by atomic mass is 10.1. The van der Waals surface area contributed by atoms with Crippen LogP contribution in [0.1, 0.15) is 58.3 Å². The molecule has 3 heteroatoms. The van der Waals surface area contributed by atoms with E-state index in [0.29, 0.717) is 13.4 Å². The Labute approximate surface area is 105 Å². The maximum absolute atomic E-state index is 10.1. The summed E-state index contributed by atoms with van der Waals surface area (Å²) in [5.41, 5.74) is 0. The summed E-state index contributed by atoms with van der Waals surface area (Å²) in [7, 11) is 0. The maximum atomic E-state index is 10.1. The molecule has 0 amide bonds. The van der Waals surface area contributed by atoms with Crippen LogP contribution in [0, 0.1) is 0 Å². The van der Waals surface area contributed by atoms with Crippen LogP contribution in [-0.4, -0.2) is 19.7 Å². The van der Waals surface area contributed by atoms with Crippen molar-refractivity contribution in [1.29, 1.82) is 0 Å². The van der Waals surface area contributed by atoms with Gasteiger partial charge in [-0.1, -0.05) is 25.7 Å². The van der Waals surface area contributed by atoms with Crippen LogP contribution in [0.15, 0.2) is 12.3 Å². The Kier molecular flexibility index (Phi) is 14.4. The first-order valence-corrected chi connectivity index (χ1v) is 6.69. The van der Waals surface area contributed by atoms with Crippen LogP contribution in [-0.2, 0) is 14.3 Å². The van der Waals surface area contributed by atoms with Crippen molar-refractivity contribution >= 4 is 6.29 Å². The van der Waals surface area contributed by atoms with Crippen LogP contribution >= 0.6 is 0 Å². The van der Waals surface area contributed by atoms with E-state index in [1.54, 1.807) is 6.26 Å². The summed E-state index contributed by atoms with van der Waals surface area (Å²) in [6.45, 7) is 2.99. The molecular weight excluding hydrogens is 216 g/mol. The van der Waals surface area contributed by atoms with Crippen LogP contribution in [0.25, 0.3) is 0 Å². The van der Waals surface area contributed by atoms with E-state index in [4.69, 9.17) is 9.47 Å². The van der Waals surface area contributed by atoms with Crippen LogP contribution < -0.4 is 0 Å². The minimum absolute atomic E-state index is 0.351. The number of carbonyl (C=O) groups is 1. The van der Waals surface area contributed by atoms with Crippen molar-refractivity contribution in [3.8, 4) is 0 Å². The first-order valence-electron chi connectivity index (χ1n) is 6.69. The summed E-state index contributed by atoms with van der Waals surface area (Å²) in [6, 6.07) is 0. The van der Waals surface area contributed by atoms with Crippen molar-refractivity contribution in [2.75, 3.05) is 13.4 Å². The van der Waals surface area contributed by atoms with Crippen molar-refractivity contribution in [3.63, 3.8) is 0 Å². The average molecular weight is 242 g/mol. The topological polar surface area (TPSA) is 35.5 Å². The summed E-state index contributed by atoms with van der Waals surface area (Å²) in [5, 5.41) is 0.